The summed E-state index contributed by atoms with van der Waals surface area (Å²) in [5, 5.41) is 0. The first-order chi connectivity index (χ1) is 12.3. The lowest BCUT2D eigenvalue weighted by Crippen LogP contribution is -2.19. The molecule has 0 N–H and O–H groups in total. The third kappa shape index (κ3) is 8.12. The topological polar surface area (TPSA) is 58.9 Å². The van der Waals surface area contributed by atoms with Gasteiger partial charge in [0, 0.05) is 0 Å². The SMILES string of the molecule is C1CCC(CC2CCCCC2)CC1.O=C=NC1CCC(N=C=O)CC1. The van der Waals surface area contributed by atoms with E-state index in [-0.39, 0.29) is 12.1 Å². The van der Waals surface area contributed by atoms with E-state index in [4.69, 9.17) is 0 Å². The zero-order valence-electron chi connectivity index (χ0n) is 15.6. The van der Waals surface area contributed by atoms with E-state index in [0.717, 1.165) is 37.5 Å². The molecular weight excluding hydrogens is 312 g/mol. The fourth-order valence-electron chi connectivity index (χ4n) is 4.78. The average molecular weight is 347 g/mol. The maximum Gasteiger partial charge on any atom is 0.235 e. The normalized spacial score (nSPS) is 28.0. The average Bonchev–Trinajstić information content (AvgIpc) is 2.66. The van der Waals surface area contributed by atoms with Crippen molar-refractivity contribution >= 4 is 12.2 Å². The van der Waals surface area contributed by atoms with E-state index in [1.165, 1.54) is 38.5 Å². The van der Waals surface area contributed by atoms with Gasteiger partial charge in [-0.1, -0.05) is 64.2 Å². The second-order valence-electron chi connectivity index (χ2n) is 8.15. The first kappa shape index (κ1) is 20.1. The van der Waals surface area contributed by atoms with Crippen LogP contribution < -0.4 is 0 Å². The van der Waals surface area contributed by atoms with Crippen molar-refractivity contribution in [3.63, 3.8) is 0 Å². The molecule has 3 saturated carbocycles. The minimum absolute atomic E-state index is 0.0978. The molecule has 4 heteroatoms. The predicted molar refractivity (Wildman–Crippen MR) is 100 cm³/mol. The second-order valence-corrected chi connectivity index (χ2v) is 8.15. The van der Waals surface area contributed by atoms with Gasteiger partial charge in [-0.15, -0.1) is 0 Å². The monoisotopic (exact) mass is 346 g/mol. The Kier molecular flexibility index (Phi) is 9.77. The molecule has 4 nitrogen and oxygen atoms in total. The molecule has 0 unspecified atom stereocenters. The number of hydrogen-bond acceptors (Lipinski definition) is 4. The van der Waals surface area contributed by atoms with Crippen molar-refractivity contribution in [3.8, 4) is 0 Å². The molecule has 140 valence electrons. The molecule has 0 atom stereocenters. The molecule has 0 radical (unpaired) electrons. The fourth-order valence-corrected chi connectivity index (χ4v) is 4.78. The van der Waals surface area contributed by atoms with Gasteiger partial charge in [0.2, 0.25) is 12.2 Å². The van der Waals surface area contributed by atoms with E-state index in [2.05, 4.69) is 9.98 Å². The Morgan fingerprint density at radius 2 is 0.920 bits per heavy atom. The van der Waals surface area contributed by atoms with Gasteiger partial charge in [-0.25, -0.2) is 19.6 Å². The molecule has 0 heterocycles. The number of carbonyl (C=O) groups excluding carboxylic acids is 2. The summed E-state index contributed by atoms with van der Waals surface area (Å²) >= 11 is 0. The molecule has 0 spiro atoms. The third-order valence-electron chi connectivity index (χ3n) is 6.25. The second kappa shape index (κ2) is 12.2. The Labute approximate surface area is 152 Å². The summed E-state index contributed by atoms with van der Waals surface area (Å²) in [7, 11) is 0. The van der Waals surface area contributed by atoms with Gasteiger partial charge in [-0.05, 0) is 43.9 Å². The molecule has 0 bridgehead atoms. The summed E-state index contributed by atoms with van der Waals surface area (Å²) in [6, 6.07) is 0.196. The Hall–Kier alpha value is -1.24. The summed E-state index contributed by atoms with van der Waals surface area (Å²) in [6.45, 7) is 0. The van der Waals surface area contributed by atoms with Crippen molar-refractivity contribution < 1.29 is 9.59 Å². The van der Waals surface area contributed by atoms with Crippen molar-refractivity contribution in [1.82, 2.24) is 0 Å². The number of nitrogens with zero attached hydrogens (tertiary/aromatic N) is 2. The van der Waals surface area contributed by atoms with Crippen LogP contribution in [0.15, 0.2) is 9.98 Å². The lowest BCUT2D eigenvalue weighted by Gasteiger charge is -2.28. The van der Waals surface area contributed by atoms with Crippen LogP contribution in [0.25, 0.3) is 0 Å². The number of aliphatic imine (C=N–C) groups is 2. The van der Waals surface area contributed by atoms with Gasteiger partial charge in [0.05, 0.1) is 12.1 Å². The first-order valence-electron chi connectivity index (χ1n) is 10.5. The third-order valence-corrected chi connectivity index (χ3v) is 6.25. The summed E-state index contributed by atoms with van der Waals surface area (Å²) in [6.07, 6.45) is 23.3. The Morgan fingerprint density at radius 1 is 0.560 bits per heavy atom. The van der Waals surface area contributed by atoms with Crippen molar-refractivity contribution in [3.05, 3.63) is 0 Å². The highest BCUT2D eigenvalue weighted by molar-refractivity contribution is 5.34. The van der Waals surface area contributed by atoms with Crippen molar-refractivity contribution in [2.24, 2.45) is 21.8 Å². The van der Waals surface area contributed by atoms with Crippen molar-refractivity contribution in [1.29, 1.82) is 0 Å². The molecule has 0 amide bonds. The summed E-state index contributed by atoms with van der Waals surface area (Å²) in [4.78, 5) is 27.1. The molecule has 0 aromatic carbocycles. The molecule has 3 rings (SSSR count). The minimum atomic E-state index is 0.0978. The number of rotatable bonds is 4. The van der Waals surface area contributed by atoms with E-state index in [1.54, 1.807) is 44.3 Å². The fraction of sp³-hybridized carbons (Fsp3) is 0.905. The summed E-state index contributed by atoms with van der Waals surface area (Å²) in [5.41, 5.74) is 0. The molecule has 3 fully saturated rings. The quantitative estimate of drug-likeness (QED) is 0.498. The van der Waals surface area contributed by atoms with Gasteiger partial charge in [-0.2, -0.15) is 0 Å². The highest BCUT2D eigenvalue weighted by Crippen LogP contribution is 2.34. The van der Waals surface area contributed by atoms with E-state index in [1.807, 2.05) is 0 Å². The van der Waals surface area contributed by atoms with Gasteiger partial charge in [-0.3, -0.25) is 0 Å². The number of isocyanates is 2. The highest BCUT2D eigenvalue weighted by atomic mass is 16.1. The smallest absolute Gasteiger partial charge is 0.211 e. The van der Waals surface area contributed by atoms with Crippen LogP contribution in [0, 0.1) is 11.8 Å². The molecule has 0 aromatic heterocycles. The Balaban J connectivity index is 0.000000181. The van der Waals surface area contributed by atoms with Crippen LogP contribution in [0.1, 0.15) is 96.3 Å². The van der Waals surface area contributed by atoms with Crippen LogP contribution in [-0.4, -0.2) is 24.2 Å². The van der Waals surface area contributed by atoms with Crippen LogP contribution in [0.3, 0.4) is 0 Å². The molecule has 3 aliphatic rings. The van der Waals surface area contributed by atoms with Gasteiger partial charge in [0.25, 0.3) is 0 Å². The molecule has 25 heavy (non-hydrogen) atoms. The van der Waals surface area contributed by atoms with Gasteiger partial charge >= 0.3 is 0 Å². The van der Waals surface area contributed by atoms with Crippen molar-refractivity contribution in [2.75, 3.05) is 0 Å². The van der Waals surface area contributed by atoms with Gasteiger partial charge < -0.3 is 0 Å². The molecule has 0 aromatic rings. The zero-order valence-corrected chi connectivity index (χ0v) is 15.6. The van der Waals surface area contributed by atoms with Crippen LogP contribution in [0.4, 0.5) is 0 Å². The standard InChI is InChI=1S/C13H24.C8H10N2O2/c1-3-7-12(8-4-1)11-13-9-5-2-6-10-13;11-5-9-7-1-2-8(4-3-7)10-6-12/h12-13H,1-11H2;7-8H,1-4H2. The van der Waals surface area contributed by atoms with Gasteiger partial charge in [0.1, 0.15) is 0 Å². The van der Waals surface area contributed by atoms with E-state index < -0.39 is 0 Å². The van der Waals surface area contributed by atoms with Crippen molar-refractivity contribution in [2.45, 2.75) is 108 Å². The minimum Gasteiger partial charge on any atom is -0.211 e. The summed E-state index contributed by atoms with van der Waals surface area (Å²) in [5.74, 6) is 2.24. The molecular formula is C21H34N2O2. The van der Waals surface area contributed by atoms with Gasteiger partial charge in [0.15, 0.2) is 0 Å². The van der Waals surface area contributed by atoms with E-state index in [0.29, 0.717) is 0 Å². The molecule has 0 saturated heterocycles. The molecule has 0 aliphatic heterocycles. The highest BCUT2D eigenvalue weighted by Gasteiger charge is 2.21. The van der Waals surface area contributed by atoms with Crippen LogP contribution in [-0.2, 0) is 9.59 Å². The number of hydrogen-bond donors (Lipinski definition) is 0. The Bertz CT molecular complexity index is 405. The van der Waals surface area contributed by atoms with Crippen LogP contribution in [0.2, 0.25) is 0 Å². The molecule has 3 aliphatic carbocycles. The lowest BCUT2D eigenvalue weighted by molar-refractivity contribution is 0.244. The lowest BCUT2D eigenvalue weighted by atomic mass is 9.78. The van der Waals surface area contributed by atoms with Crippen LogP contribution in [0.5, 0.6) is 0 Å². The summed E-state index contributed by atoms with van der Waals surface area (Å²) < 4.78 is 0. The Morgan fingerprint density at radius 3 is 1.24 bits per heavy atom. The predicted octanol–water partition coefficient (Wildman–Crippen LogP) is 5.51. The zero-order chi connectivity index (χ0) is 17.7. The van der Waals surface area contributed by atoms with E-state index in [9.17, 15) is 9.59 Å². The maximum atomic E-state index is 9.90. The van der Waals surface area contributed by atoms with Crippen LogP contribution >= 0.6 is 0 Å². The largest absolute Gasteiger partial charge is 0.235 e. The van der Waals surface area contributed by atoms with E-state index >= 15 is 0 Å². The maximum absolute atomic E-state index is 9.90. The first-order valence-corrected chi connectivity index (χ1v) is 10.5.